The highest BCUT2D eigenvalue weighted by atomic mass is 16.5. The number of unbranched alkanes of at least 4 members (excludes halogenated alkanes) is 21. The molecule has 5 heteroatoms. The maximum Gasteiger partial charge on any atom is 0.307 e. The van der Waals surface area contributed by atoms with E-state index in [4.69, 9.17) is 4.74 Å². The van der Waals surface area contributed by atoms with Gasteiger partial charge in [0.05, 0.1) is 13.0 Å². The van der Waals surface area contributed by atoms with Crippen LogP contribution in [0.25, 0.3) is 0 Å². The molecule has 2 atom stereocenters. The van der Waals surface area contributed by atoms with Crippen LogP contribution in [0.4, 0.5) is 0 Å². The van der Waals surface area contributed by atoms with Gasteiger partial charge in [-0.1, -0.05) is 182 Å². The molecular formula is C44H88N2O3. The Balaban J connectivity index is 5.45. The number of nitrogens with zero attached hydrogens (tertiary/aromatic N) is 2. The molecule has 5 nitrogen and oxygen atoms in total. The van der Waals surface area contributed by atoms with Gasteiger partial charge in [0.15, 0.2) is 0 Å². The van der Waals surface area contributed by atoms with E-state index in [1.54, 1.807) is 0 Å². The maximum absolute atomic E-state index is 13.8. The summed E-state index contributed by atoms with van der Waals surface area (Å²) < 4.78 is 6.11. The van der Waals surface area contributed by atoms with Crippen LogP contribution in [0.5, 0.6) is 0 Å². The van der Waals surface area contributed by atoms with Crippen LogP contribution in [-0.2, 0) is 14.3 Å². The monoisotopic (exact) mass is 693 g/mol. The Kier molecular flexibility index (Phi) is 35.9. The molecule has 0 radical (unpaired) electrons. The topological polar surface area (TPSA) is 49.9 Å². The van der Waals surface area contributed by atoms with E-state index in [1.165, 1.54) is 161 Å². The number of ether oxygens (including phenoxy) is 1. The molecule has 0 saturated heterocycles. The van der Waals surface area contributed by atoms with Gasteiger partial charge >= 0.3 is 5.97 Å². The predicted molar refractivity (Wildman–Crippen MR) is 214 cm³/mol. The van der Waals surface area contributed by atoms with Crippen LogP contribution in [0.15, 0.2) is 0 Å². The second-order valence-corrected chi connectivity index (χ2v) is 15.7. The molecule has 292 valence electrons. The number of amides is 1. The Morgan fingerprint density at radius 2 is 0.898 bits per heavy atom. The SMILES string of the molecule is CCCCCCCCCCN(C(=O)CCCN(C)C)C(CCCCCCCCC)CC(=O)OCC(CCCCCC)CCCCCCCC. The first kappa shape index (κ1) is 47.9. The first-order valence-corrected chi connectivity index (χ1v) is 22.0. The number of carbonyl (C=O) groups is 2. The minimum Gasteiger partial charge on any atom is -0.465 e. The highest BCUT2D eigenvalue weighted by molar-refractivity contribution is 5.78. The Hall–Kier alpha value is -1.10. The van der Waals surface area contributed by atoms with Crippen molar-refractivity contribution in [2.45, 2.75) is 233 Å². The zero-order valence-corrected chi connectivity index (χ0v) is 34.3. The molecule has 0 aromatic heterocycles. The van der Waals surface area contributed by atoms with Gasteiger partial charge in [0, 0.05) is 19.0 Å². The highest BCUT2D eigenvalue weighted by Crippen LogP contribution is 2.22. The molecule has 0 spiro atoms. The minimum atomic E-state index is -0.0866. The van der Waals surface area contributed by atoms with Gasteiger partial charge in [-0.25, -0.2) is 0 Å². The Labute approximate surface area is 307 Å². The molecule has 0 aliphatic heterocycles. The standard InChI is InChI=1S/C44H88N2O3/c1-7-11-15-19-22-24-27-31-38-46(43(47)36-32-37-45(5)6)42(35-30-26-23-20-16-12-8-2)39-44(48)49-40-41(33-28-18-14-10-4)34-29-25-21-17-13-9-3/h41-42H,7-40H2,1-6H3. The van der Waals surface area contributed by atoms with E-state index in [-0.39, 0.29) is 17.9 Å². The molecule has 0 aromatic carbocycles. The predicted octanol–water partition coefficient (Wildman–Crippen LogP) is 13.1. The summed E-state index contributed by atoms with van der Waals surface area (Å²) in [6.45, 7) is 11.3. The van der Waals surface area contributed by atoms with Crippen molar-refractivity contribution < 1.29 is 14.3 Å². The van der Waals surface area contributed by atoms with Crippen LogP contribution in [0, 0.1) is 5.92 Å². The third kappa shape index (κ3) is 31.4. The molecule has 0 bridgehead atoms. The molecule has 0 aromatic rings. The summed E-state index contributed by atoms with van der Waals surface area (Å²) in [5, 5.41) is 0. The summed E-state index contributed by atoms with van der Waals surface area (Å²) in [5.41, 5.74) is 0. The fourth-order valence-electron chi connectivity index (χ4n) is 7.17. The van der Waals surface area contributed by atoms with Gasteiger partial charge in [0.1, 0.15) is 0 Å². The molecule has 0 fully saturated rings. The minimum absolute atomic E-state index is 0.0406. The smallest absolute Gasteiger partial charge is 0.307 e. The second-order valence-electron chi connectivity index (χ2n) is 15.7. The molecule has 0 aliphatic carbocycles. The van der Waals surface area contributed by atoms with Gasteiger partial charge in [-0.15, -0.1) is 0 Å². The number of carbonyl (C=O) groups excluding carboxylic acids is 2. The van der Waals surface area contributed by atoms with Crippen molar-refractivity contribution >= 4 is 11.9 Å². The lowest BCUT2D eigenvalue weighted by Gasteiger charge is -2.32. The first-order chi connectivity index (χ1) is 23.9. The van der Waals surface area contributed by atoms with Gasteiger partial charge in [-0.3, -0.25) is 9.59 Å². The van der Waals surface area contributed by atoms with E-state index in [0.29, 0.717) is 25.4 Å². The van der Waals surface area contributed by atoms with E-state index >= 15 is 0 Å². The average molecular weight is 693 g/mol. The van der Waals surface area contributed by atoms with Crippen molar-refractivity contribution in [2.24, 2.45) is 5.92 Å². The zero-order valence-electron chi connectivity index (χ0n) is 34.3. The normalized spacial score (nSPS) is 12.8. The summed E-state index contributed by atoms with van der Waals surface area (Å²) >= 11 is 0. The Morgan fingerprint density at radius 1 is 0.490 bits per heavy atom. The summed E-state index contributed by atoms with van der Waals surface area (Å²) in [6, 6.07) is -0.0406. The van der Waals surface area contributed by atoms with Gasteiger partial charge in [0.2, 0.25) is 5.91 Å². The third-order valence-electron chi connectivity index (χ3n) is 10.5. The van der Waals surface area contributed by atoms with Gasteiger partial charge < -0.3 is 14.5 Å². The third-order valence-corrected chi connectivity index (χ3v) is 10.5. The molecule has 1 amide bonds. The quantitative estimate of drug-likeness (QED) is 0.0477. The lowest BCUT2D eigenvalue weighted by molar-refractivity contribution is -0.148. The Bertz CT molecular complexity index is 712. The molecule has 0 saturated carbocycles. The molecular weight excluding hydrogens is 604 g/mol. The molecule has 0 N–H and O–H groups in total. The summed E-state index contributed by atoms with van der Waals surface area (Å²) in [7, 11) is 4.15. The molecule has 0 aliphatic rings. The van der Waals surface area contributed by atoms with Crippen LogP contribution < -0.4 is 0 Å². The van der Waals surface area contributed by atoms with E-state index < -0.39 is 0 Å². The number of hydrogen-bond donors (Lipinski definition) is 0. The van der Waals surface area contributed by atoms with E-state index in [9.17, 15) is 9.59 Å². The van der Waals surface area contributed by atoms with Crippen molar-refractivity contribution in [1.82, 2.24) is 9.80 Å². The maximum atomic E-state index is 13.8. The number of hydrogen-bond acceptors (Lipinski definition) is 4. The van der Waals surface area contributed by atoms with Crippen LogP contribution in [0.2, 0.25) is 0 Å². The molecule has 0 rings (SSSR count). The molecule has 2 unspecified atom stereocenters. The van der Waals surface area contributed by atoms with Crippen LogP contribution in [0.1, 0.15) is 227 Å². The lowest BCUT2D eigenvalue weighted by Crippen LogP contribution is -2.42. The van der Waals surface area contributed by atoms with E-state index in [0.717, 1.165) is 38.8 Å². The van der Waals surface area contributed by atoms with Crippen LogP contribution >= 0.6 is 0 Å². The van der Waals surface area contributed by atoms with Crippen LogP contribution in [0.3, 0.4) is 0 Å². The van der Waals surface area contributed by atoms with Crippen LogP contribution in [-0.4, -0.2) is 61.5 Å². The number of rotatable bonds is 38. The van der Waals surface area contributed by atoms with Crippen molar-refractivity contribution in [3.8, 4) is 0 Å². The van der Waals surface area contributed by atoms with Gasteiger partial charge in [-0.2, -0.15) is 0 Å². The summed E-state index contributed by atoms with van der Waals surface area (Å²) in [6.07, 6.45) is 36.7. The highest BCUT2D eigenvalue weighted by Gasteiger charge is 2.26. The molecule has 0 heterocycles. The Morgan fingerprint density at radius 3 is 1.37 bits per heavy atom. The fourth-order valence-corrected chi connectivity index (χ4v) is 7.17. The first-order valence-electron chi connectivity index (χ1n) is 22.0. The largest absolute Gasteiger partial charge is 0.465 e. The van der Waals surface area contributed by atoms with Crippen molar-refractivity contribution in [1.29, 1.82) is 0 Å². The van der Waals surface area contributed by atoms with Gasteiger partial charge in [0.25, 0.3) is 0 Å². The van der Waals surface area contributed by atoms with E-state index in [2.05, 4.69) is 51.6 Å². The van der Waals surface area contributed by atoms with Gasteiger partial charge in [-0.05, 0) is 58.7 Å². The second kappa shape index (κ2) is 36.7. The average Bonchev–Trinajstić information content (AvgIpc) is 3.08. The van der Waals surface area contributed by atoms with Crippen molar-refractivity contribution in [3.63, 3.8) is 0 Å². The summed E-state index contributed by atoms with van der Waals surface area (Å²) in [4.78, 5) is 31.6. The number of esters is 1. The van der Waals surface area contributed by atoms with Crippen molar-refractivity contribution in [2.75, 3.05) is 33.8 Å². The summed E-state index contributed by atoms with van der Waals surface area (Å²) in [5.74, 6) is 0.619. The molecule has 49 heavy (non-hydrogen) atoms. The fraction of sp³-hybridized carbons (Fsp3) is 0.955. The van der Waals surface area contributed by atoms with E-state index in [1.807, 2.05) is 0 Å². The zero-order chi connectivity index (χ0) is 36.2. The van der Waals surface area contributed by atoms with Crippen molar-refractivity contribution in [3.05, 3.63) is 0 Å². The lowest BCUT2D eigenvalue weighted by atomic mass is 9.95.